The standard InChI is InChI=1S/C16H20N4O3/c1-20-5-4-11(7-14(20)21)16(22)17-8-12-3-2-6-23-15(12)13-9-18-19-10-13/h4-5,7,9-10,12,15H,2-3,6,8H2,1H3,(H,17,22)(H,18,19)/t12-,15+/m0/s1. The number of aryl methyl sites for hydroxylation is 1. The van der Waals surface area contributed by atoms with E-state index >= 15 is 0 Å². The van der Waals surface area contributed by atoms with E-state index in [1.807, 2.05) is 6.20 Å². The second kappa shape index (κ2) is 6.78. The molecule has 3 heterocycles. The van der Waals surface area contributed by atoms with Gasteiger partial charge >= 0.3 is 0 Å². The van der Waals surface area contributed by atoms with Crippen LogP contribution in [-0.2, 0) is 11.8 Å². The first-order valence-electron chi connectivity index (χ1n) is 7.70. The van der Waals surface area contributed by atoms with Gasteiger partial charge in [0.15, 0.2) is 0 Å². The molecule has 1 fully saturated rings. The van der Waals surface area contributed by atoms with Crippen molar-refractivity contribution >= 4 is 5.91 Å². The molecule has 0 saturated carbocycles. The highest BCUT2D eigenvalue weighted by atomic mass is 16.5. The second-order valence-corrected chi connectivity index (χ2v) is 5.80. The summed E-state index contributed by atoms with van der Waals surface area (Å²) < 4.78 is 7.27. The molecule has 3 rings (SSSR count). The molecule has 7 nitrogen and oxygen atoms in total. The summed E-state index contributed by atoms with van der Waals surface area (Å²) in [6.45, 7) is 1.22. The highest BCUT2D eigenvalue weighted by Crippen LogP contribution is 2.32. The Balaban J connectivity index is 1.65. The number of carbonyl (C=O) groups is 1. The summed E-state index contributed by atoms with van der Waals surface area (Å²) in [5.74, 6) is -0.0453. The van der Waals surface area contributed by atoms with E-state index in [0.717, 1.165) is 25.0 Å². The largest absolute Gasteiger partial charge is 0.373 e. The maximum Gasteiger partial charge on any atom is 0.251 e. The molecule has 2 aromatic rings. The van der Waals surface area contributed by atoms with Crippen molar-refractivity contribution in [2.24, 2.45) is 13.0 Å². The van der Waals surface area contributed by atoms with Crippen LogP contribution in [0.5, 0.6) is 0 Å². The first-order valence-corrected chi connectivity index (χ1v) is 7.70. The van der Waals surface area contributed by atoms with Gasteiger partial charge in [-0.1, -0.05) is 0 Å². The molecule has 1 saturated heterocycles. The van der Waals surface area contributed by atoms with Crippen LogP contribution in [0, 0.1) is 5.92 Å². The van der Waals surface area contributed by atoms with Crippen LogP contribution in [0.1, 0.15) is 34.9 Å². The van der Waals surface area contributed by atoms with Gasteiger partial charge in [0, 0.05) is 55.7 Å². The van der Waals surface area contributed by atoms with Crippen molar-refractivity contribution in [1.29, 1.82) is 0 Å². The number of aromatic nitrogens is 3. The van der Waals surface area contributed by atoms with Crippen molar-refractivity contribution < 1.29 is 9.53 Å². The number of H-pyrrole nitrogens is 1. The Labute approximate surface area is 133 Å². The van der Waals surface area contributed by atoms with Crippen LogP contribution in [0.4, 0.5) is 0 Å². The quantitative estimate of drug-likeness (QED) is 0.881. The monoisotopic (exact) mass is 316 g/mol. The van der Waals surface area contributed by atoms with Gasteiger partial charge in [-0.15, -0.1) is 0 Å². The van der Waals surface area contributed by atoms with Crippen LogP contribution in [-0.4, -0.2) is 33.8 Å². The summed E-state index contributed by atoms with van der Waals surface area (Å²) in [7, 11) is 1.65. The Morgan fingerprint density at radius 1 is 1.57 bits per heavy atom. The molecule has 0 aromatic carbocycles. The molecular weight excluding hydrogens is 296 g/mol. The van der Waals surface area contributed by atoms with Gasteiger partial charge in [-0.25, -0.2) is 0 Å². The lowest BCUT2D eigenvalue weighted by molar-refractivity contribution is -0.0272. The van der Waals surface area contributed by atoms with Gasteiger partial charge in [-0.2, -0.15) is 5.10 Å². The van der Waals surface area contributed by atoms with E-state index in [9.17, 15) is 9.59 Å². The molecule has 2 aromatic heterocycles. The van der Waals surface area contributed by atoms with Crippen LogP contribution >= 0.6 is 0 Å². The average molecular weight is 316 g/mol. The number of ether oxygens (including phenoxy) is 1. The van der Waals surface area contributed by atoms with Gasteiger partial charge in [0.2, 0.25) is 0 Å². The maximum absolute atomic E-state index is 12.2. The summed E-state index contributed by atoms with van der Waals surface area (Å²) in [6, 6.07) is 2.99. The smallest absolute Gasteiger partial charge is 0.251 e. The minimum atomic E-state index is -0.237. The first-order chi connectivity index (χ1) is 11.1. The molecule has 0 spiro atoms. The van der Waals surface area contributed by atoms with E-state index in [4.69, 9.17) is 4.74 Å². The number of amides is 1. The minimum absolute atomic E-state index is 0.0635. The number of carbonyl (C=O) groups excluding carboxylic acids is 1. The molecule has 0 bridgehead atoms. The third-order valence-corrected chi connectivity index (χ3v) is 4.18. The van der Waals surface area contributed by atoms with E-state index in [1.165, 1.54) is 10.6 Å². The molecule has 0 aliphatic carbocycles. The lowest BCUT2D eigenvalue weighted by Crippen LogP contribution is -2.35. The zero-order valence-electron chi connectivity index (χ0n) is 13.0. The third-order valence-electron chi connectivity index (χ3n) is 4.18. The van der Waals surface area contributed by atoms with Crippen molar-refractivity contribution in [1.82, 2.24) is 20.1 Å². The van der Waals surface area contributed by atoms with Gasteiger partial charge in [-0.05, 0) is 18.9 Å². The number of nitrogens with one attached hydrogen (secondary N) is 2. The van der Waals surface area contributed by atoms with E-state index in [2.05, 4.69) is 15.5 Å². The number of aromatic amines is 1. The highest BCUT2D eigenvalue weighted by molar-refractivity contribution is 5.93. The van der Waals surface area contributed by atoms with Gasteiger partial charge in [0.25, 0.3) is 11.5 Å². The number of pyridine rings is 1. The fourth-order valence-corrected chi connectivity index (χ4v) is 2.85. The molecular formula is C16H20N4O3. The molecule has 122 valence electrons. The van der Waals surface area contributed by atoms with Crippen molar-refractivity contribution in [3.05, 3.63) is 52.2 Å². The van der Waals surface area contributed by atoms with Crippen LogP contribution in [0.25, 0.3) is 0 Å². The molecule has 2 atom stereocenters. The summed E-state index contributed by atoms with van der Waals surface area (Å²) in [5.41, 5.74) is 1.18. The van der Waals surface area contributed by atoms with Gasteiger partial charge in [0.1, 0.15) is 0 Å². The Hall–Kier alpha value is -2.41. The topological polar surface area (TPSA) is 89.0 Å². The Morgan fingerprint density at radius 2 is 2.43 bits per heavy atom. The zero-order chi connectivity index (χ0) is 16.2. The van der Waals surface area contributed by atoms with Crippen LogP contribution in [0.2, 0.25) is 0 Å². The second-order valence-electron chi connectivity index (χ2n) is 5.80. The third kappa shape index (κ3) is 3.50. The molecule has 1 aliphatic heterocycles. The molecule has 1 aliphatic rings. The van der Waals surface area contributed by atoms with Gasteiger partial charge in [-0.3, -0.25) is 14.7 Å². The van der Waals surface area contributed by atoms with Crippen LogP contribution < -0.4 is 10.9 Å². The summed E-state index contributed by atoms with van der Waals surface area (Å²) in [4.78, 5) is 23.8. The minimum Gasteiger partial charge on any atom is -0.373 e. The van der Waals surface area contributed by atoms with Crippen molar-refractivity contribution in [3.8, 4) is 0 Å². The summed E-state index contributed by atoms with van der Waals surface area (Å²) in [6.07, 6.45) is 7.06. The molecule has 1 amide bonds. The van der Waals surface area contributed by atoms with Crippen LogP contribution in [0.15, 0.2) is 35.5 Å². The van der Waals surface area contributed by atoms with Crippen molar-refractivity contribution in [2.75, 3.05) is 13.2 Å². The number of nitrogens with zero attached hydrogens (tertiary/aromatic N) is 2. The SMILES string of the molecule is Cn1ccc(C(=O)NC[C@@H]2CCCO[C@H]2c2cn[nH]c2)cc1=O. The van der Waals surface area contributed by atoms with E-state index in [1.54, 1.807) is 25.5 Å². The Morgan fingerprint density at radius 3 is 3.17 bits per heavy atom. The highest BCUT2D eigenvalue weighted by Gasteiger charge is 2.28. The average Bonchev–Trinajstić information content (AvgIpc) is 3.10. The number of hydrogen-bond acceptors (Lipinski definition) is 4. The number of hydrogen-bond donors (Lipinski definition) is 2. The summed E-state index contributed by atoms with van der Waals surface area (Å²) in [5, 5.41) is 9.67. The normalized spacial score (nSPS) is 21.1. The van der Waals surface area contributed by atoms with E-state index in [-0.39, 0.29) is 23.5 Å². The van der Waals surface area contributed by atoms with E-state index in [0.29, 0.717) is 12.1 Å². The fourth-order valence-electron chi connectivity index (χ4n) is 2.85. The maximum atomic E-state index is 12.2. The number of rotatable bonds is 4. The van der Waals surface area contributed by atoms with Gasteiger partial charge < -0.3 is 14.6 Å². The predicted molar refractivity (Wildman–Crippen MR) is 84.0 cm³/mol. The molecule has 23 heavy (non-hydrogen) atoms. The van der Waals surface area contributed by atoms with Gasteiger partial charge in [0.05, 0.1) is 12.3 Å². The predicted octanol–water partition coefficient (Wildman–Crippen LogP) is 1.01. The zero-order valence-corrected chi connectivity index (χ0v) is 13.0. The molecule has 0 radical (unpaired) electrons. The van der Waals surface area contributed by atoms with Crippen LogP contribution in [0.3, 0.4) is 0 Å². The lowest BCUT2D eigenvalue weighted by Gasteiger charge is -2.31. The Bertz CT molecular complexity index is 723. The lowest BCUT2D eigenvalue weighted by atomic mass is 9.91. The fraction of sp³-hybridized carbons (Fsp3) is 0.438. The first kappa shape index (κ1) is 15.5. The molecule has 0 unspecified atom stereocenters. The van der Waals surface area contributed by atoms with Crippen molar-refractivity contribution in [3.63, 3.8) is 0 Å². The summed E-state index contributed by atoms with van der Waals surface area (Å²) >= 11 is 0. The van der Waals surface area contributed by atoms with Crippen molar-refractivity contribution in [2.45, 2.75) is 18.9 Å². The van der Waals surface area contributed by atoms with E-state index < -0.39 is 0 Å². The Kier molecular flexibility index (Phi) is 4.57. The molecule has 7 heteroatoms. The molecule has 2 N–H and O–H groups in total.